The number of piperidine rings is 1. The van der Waals surface area contributed by atoms with Crippen LogP contribution in [0.2, 0.25) is 0 Å². The summed E-state index contributed by atoms with van der Waals surface area (Å²) in [7, 11) is -0.444. The van der Waals surface area contributed by atoms with Crippen molar-refractivity contribution < 1.29 is 14.1 Å². The van der Waals surface area contributed by atoms with E-state index in [2.05, 4.69) is 20.2 Å². The van der Waals surface area contributed by atoms with Gasteiger partial charge in [0.1, 0.15) is 5.88 Å². The number of carbonyl (C=O) groups excluding carboxylic acids is 1. The molecular formula is C18H28BClN4O3. The second kappa shape index (κ2) is 7.93. The lowest BCUT2D eigenvalue weighted by atomic mass is 9.81. The lowest BCUT2D eigenvalue weighted by Gasteiger charge is -2.32. The molecule has 9 heteroatoms. The van der Waals surface area contributed by atoms with E-state index in [0.717, 1.165) is 37.3 Å². The molecule has 0 radical (unpaired) electrons. The summed E-state index contributed by atoms with van der Waals surface area (Å²) in [5.41, 5.74) is 0.0739. The maximum absolute atomic E-state index is 11.3. The number of amides is 1. The number of hydrogen-bond donors (Lipinski definition) is 1. The van der Waals surface area contributed by atoms with Gasteiger partial charge in [0.2, 0.25) is 11.9 Å². The Hall–Kier alpha value is -1.38. The van der Waals surface area contributed by atoms with Crippen LogP contribution in [0.4, 0.5) is 5.95 Å². The van der Waals surface area contributed by atoms with Crippen LogP contribution in [0.5, 0.6) is 0 Å². The molecule has 3 heterocycles. The van der Waals surface area contributed by atoms with Crippen LogP contribution in [0.1, 0.15) is 40.5 Å². The van der Waals surface area contributed by atoms with Crippen LogP contribution in [0.3, 0.4) is 0 Å². The summed E-state index contributed by atoms with van der Waals surface area (Å²) in [5.74, 6) is 1.10. The molecule has 0 unspecified atom stereocenters. The van der Waals surface area contributed by atoms with Crippen molar-refractivity contribution in [3.05, 3.63) is 12.4 Å². The van der Waals surface area contributed by atoms with E-state index in [1.54, 1.807) is 12.4 Å². The zero-order valence-corrected chi connectivity index (χ0v) is 17.3. The minimum atomic E-state index is -0.444. The van der Waals surface area contributed by atoms with Gasteiger partial charge in [-0.25, -0.2) is 9.97 Å². The van der Waals surface area contributed by atoms with Crippen molar-refractivity contribution in [3.63, 3.8) is 0 Å². The number of rotatable bonds is 5. The van der Waals surface area contributed by atoms with Gasteiger partial charge in [0, 0.05) is 37.5 Å². The predicted octanol–water partition coefficient (Wildman–Crippen LogP) is 1.35. The Morgan fingerprint density at radius 3 is 2.30 bits per heavy atom. The topological polar surface area (TPSA) is 76.6 Å². The number of aromatic nitrogens is 2. The standard InChI is InChI=1S/C18H28BClN4O3/c1-17(2)18(3,4)27-19(26-17)14-11-22-16(23-12-14)24-7-5-13(6-8-24)10-21-15(25)9-20/h11-13H,5-10H2,1-4H3,(H,21,25). The molecule has 2 aliphatic heterocycles. The number of nitrogens with one attached hydrogen (secondary N) is 1. The normalized spacial score (nSPS) is 22.1. The van der Waals surface area contributed by atoms with E-state index >= 15 is 0 Å². The fourth-order valence-electron chi connectivity index (χ4n) is 3.24. The van der Waals surface area contributed by atoms with E-state index in [1.807, 2.05) is 27.7 Å². The van der Waals surface area contributed by atoms with Crippen molar-refractivity contribution in [1.82, 2.24) is 15.3 Å². The number of nitrogens with zero attached hydrogens (tertiary/aromatic N) is 3. The van der Waals surface area contributed by atoms with Crippen LogP contribution in [0, 0.1) is 5.92 Å². The third-order valence-electron chi connectivity index (χ3n) is 5.79. The number of halogens is 1. The zero-order chi connectivity index (χ0) is 19.7. The smallest absolute Gasteiger partial charge is 0.399 e. The molecule has 0 atom stereocenters. The van der Waals surface area contributed by atoms with Gasteiger partial charge in [-0.2, -0.15) is 0 Å². The molecule has 148 valence electrons. The number of anilines is 1. The van der Waals surface area contributed by atoms with Gasteiger partial charge in [-0.1, -0.05) is 0 Å². The van der Waals surface area contributed by atoms with Gasteiger partial charge in [-0.05, 0) is 46.5 Å². The van der Waals surface area contributed by atoms with Crippen molar-refractivity contribution in [2.45, 2.75) is 51.7 Å². The van der Waals surface area contributed by atoms with E-state index in [-0.39, 0.29) is 23.0 Å². The van der Waals surface area contributed by atoms with E-state index in [0.29, 0.717) is 12.5 Å². The number of carbonyl (C=O) groups is 1. The predicted molar refractivity (Wildman–Crippen MR) is 106 cm³/mol. The molecule has 7 nitrogen and oxygen atoms in total. The summed E-state index contributed by atoms with van der Waals surface area (Å²) in [6, 6.07) is 0. The highest BCUT2D eigenvalue weighted by Crippen LogP contribution is 2.36. The first-order chi connectivity index (χ1) is 12.7. The fraction of sp³-hybridized carbons (Fsp3) is 0.722. The molecule has 0 saturated carbocycles. The Bertz CT molecular complexity index is 647. The van der Waals surface area contributed by atoms with Crippen LogP contribution in [-0.2, 0) is 14.1 Å². The van der Waals surface area contributed by atoms with E-state index in [4.69, 9.17) is 20.9 Å². The molecule has 1 aromatic rings. The Morgan fingerprint density at radius 2 is 1.78 bits per heavy atom. The van der Waals surface area contributed by atoms with Crippen molar-refractivity contribution in [2.75, 3.05) is 30.4 Å². The summed E-state index contributed by atoms with van der Waals surface area (Å²) in [5, 5.41) is 2.86. The first kappa shape index (κ1) is 20.4. The average molecular weight is 395 g/mol. The van der Waals surface area contributed by atoms with Gasteiger partial charge in [-0.15, -0.1) is 11.6 Å². The highest BCUT2D eigenvalue weighted by Gasteiger charge is 2.52. The quantitative estimate of drug-likeness (QED) is 0.600. The summed E-state index contributed by atoms with van der Waals surface area (Å²) in [6.07, 6.45) is 5.56. The van der Waals surface area contributed by atoms with E-state index in [9.17, 15) is 4.79 Å². The van der Waals surface area contributed by atoms with Crippen LogP contribution >= 0.6 is 11.6 Å². The molecule has 1 amide bonds. The van der Waals surface area contributed by atoms with Crippen LogP contribution in [-0.4, -0.2) is 59.7 Å². The lowest BCUT2D eigenvalue weighted by Crippen LogP contribution is -2.41. The van der Waals surface area contributed by atoms with Crippen LogP contribution < -0.4 is 15.7 Å². The molecule has 2 aliphatic rings. The van der Waals surface area contributed by atoms with Crippen molar-refractivity contribution in [1.29, 1.82) is 0 Å². The average Bonchev–Trinajstić information content (AvgIpc) is 2.87. The molecule has 0 aromatic carbocycles. The third kappa shape index (κ3) is 4.55. The van der Waals surface area contributed by atoms with Gasteiger partial charge < -0.3 is 19.5 Å². The largest absolute Gasteiger partial charge is 0.498 e. The summed E-state index contributed by atoms with van der Waals surface area (Å²) in [6.45, 7) is 10.5. The van der Waals surface area contributed by atoms with E-state index in [1.165, 1.54) is 0 Å². The monoisotopic (exact) mass is 394 g/mol. The number of alkyl halides is 1. The zero-order valence-electron chi connectivity index (χ0n) is 16.5. The summed E-state index contributed by atoms with van der Waals surface area (Å²) in [4.78, 5) is 22.5. The Labute approximate surface area is 166 Å². The molecule has 0 bridgehead atoms. The number of hydrogen-bond acceptors (Lipinski definition) is 6. The highest BCUT2D eigenvalue weighted by molar-refractivity contribution is 6.61. The SMILES string of the molecule is CC1(C)OB(c2cnc(N3CCC(CNC(=O)CCl)CC3)nc2)OC1(C)C. The Kier molecular flexibility index (Phi) is 5.98. The first-order valence-corrected chi connectivity index (χ1v) is 10.0. The minimum Gasteiger partial charge on any atom is -0.399 e. The van der Waals surface area contributed by atoms with Crippen molar-refractivity contribution >= 4 is 36.0 Å². The fourth-order valence-corrected chi connectivity index (χ4v) is 3.33. The lowest BCUT2D eigenvalue weighted by molar-refractivity contribution is -0.118. The van der Waals surface area contributed by atoms with Crippen molar-refractivity contribution in [3.8, 4) is 0 Å². The molecule has 1 N–H and O–H groups in total. The first-order valence-electron chi connectivity index (χ1n) is 9.47. The Balaban J connectivity index is 1.54. The highest BCUT2D eigenvalue weighted by atomic mass is 35.5. The molecular weight excluding hydrogens is 366 g/mol. The molecule has 0 aliphatic carbocycles. The van der Waals surface area contributed by atoms with Gasteiger partial charge in [0.05, 0.1) is 11.2 Å². The molecule has 2 saturated heterocycles. The molecule has 3 rings (SSSR count). The van der Waals surface area contributed by atoms with Gasteiger partial charge >= 0.3 is 7.12 Å². The second-order valence-electron chi connectivity index (χ2n) is 8.27. The molecule has 1 aromatic heterocycles. The summed E-state index contributed by atoms with van der Waals surface area (Å²) >= 11 is 5.51. The third-order valence-corrected chi connectivity index (χ3v) is 6.03. The second-order valence-corrected chi connectivity index (χ2v) is 8.54. The Morgan fingerprint density at radius 1 is 1.22 bits per heavy atom. The molecule has 2 fully saturated rings. The van der Waals surface area contributed by atoms with Crippen molar-refractivity contribution in [2.24, 2.45) is 5.92 Å². The van der Waals surface area contributed by atoms with E-state index < -0.39 is 7.12 Å². The van der Waals surface area contributed by atoms with Gasteiger partial charge in [-0.3, -0.25) is 4.79 Å². The molecule has 0 spiro atoms. The maximum Gasteiger partial charge on any atom is 0.498 e. The van der Waals surface area contributed by atoms with Crippen LogP contribution in [0.15, 0.2) is 12.4 Å². The van der Waals surface area contributed by atoms with Gasteiger partial charge in [0.25, 0.3) is 0 Å². The summed E-state index contributed by atoms with van der Waals surface area (Å²) < 4.78 is 12.1. The van der Waals surface area contributed by atoms with Crippen LogP contribution in [0.25, 0.3) is 0 Å². The maximum atomic E-state index is 11.3. The molecule has 27 heavy (non-hydrogen) atoms. The minimum absolute atomic E-state index is 0.0157. The van der Waals surface area contributed by atoms with Gasteiger partial charge in [0.15, 0.2) is 0 Å².